The minimum absolute atomic E-state index is 0.306. The Balaban J connectivity index is 1.62. The number of fused-ring (bicyclic) bond motifs is 1. The summed E-state index contributed by atoms with van der Waals surface area (Å²) in [4.78, 5) is 31.7. The number of aromatic amines is 1. The van der Waals surface area contributed by atoms with Crippen LogP contribution in [-0.2, 0) is 19.6 Å². The number of hydrogen-bond donors (Lipinski definition) is 1. The predicted molar refractivity (Wildman–Crippen MR) is 152 cm³/mol. The van der Waals surface area contributed by atoms with Crippen molar-refractivity contribution in [2.24, 2.45) is 0 Å². The molecule has 0 saturated heterocycles. The second kappa shape index (κ2) is 11.0. The highest BCUT2D eigenvalue weighted by Crippen LogP contribution is 2.30. The highest BCUT2D eigenvalue weighted by atomic mass is 16.2. The van der Waals surface area contributed by atoms with Gasteiger partial charge in [0.1, 0.15) is 5.82 Å². The summed E-state index contributed by atoms with van der Waals surface area (Å²) < 4.78 is 4.89. The number of nitrogens with zero attached hydrogens (tertiary/aromatic N) is 7. The van der Waals surface area contributed by atoms with Gasteiger partial charge in [-0.1, -0.05) is 75.9 Å². The summed E-state index contributed by atoms with van der Waals surface area (Å²) in [5.41, 5.74) is 4.94. The van der Waals surface area contributed by atoms with Gasteiger partial charge in [-0.3, -0.25) is 13.9 Å². The standard InChI is InChI=1S/C29H32N8O2/c1-5-16-35-27-24(28(38)36(17-6-2)29(35)39)37(26(30-27)19(4)7-3)18-20-12-14-21(15-13-20)22-10-8-9-11-23(22)25-31-33-34-32-25/h8-15H,4-7,16-18H2,1-3H3,(H,31,32,33,34). The molecule has 39 heavy (non-hydrogen) atoms. The van der Waals surface area contributed by atoms with E-state index in [1.807, 2.05) is 73.9 Å². The lowest BCUT2D eigenvalue weighted by molar-refractivity contribution is 0.554. The molecule has 0 aliphatic heterocycles. The largest absolute Gasteiger partial charge is 0.332 e. The SMILES string of the molecule is C=C(CC)c1nc2c(c(=O)n(CCC)c(=O)n2CCC)n1Cc1ccc(-c2ccccc2-c2nn[nH]n2)cc1. The summed E-state index contributed by atoms with van der Waals surface area (Å²) in [5.74, 6) is 1.17. The molecule has 200 valence electrons. The Morgan fingerprint density at radius 2 is 1.59 bits per heavy atom. The summed E-state index contributed by atoms with van der Waals surface area (Å²) in [5, 5.41) is 14.5. The smallest absolute Gasteiger partial charge is 0.314 e. The van der Waals surface area contributed by atoms with Gasteiger partial charge in [-0.15, -0.1) is 10.2 Å². The fourth-order valence-electron chi connectivity index (χ4n) is 4.90. The zero-order valence-electron chi connectivity index (χ0n) is 22.5. The Morgan fingerprint density at radius 1 is 0.897 bits per heavy atom. The molecule has 0 spiro atoms. The van der Waals surface area contributed by atoms with Gasteiger partial charge in [0.25, 0.3) is 5.56 Å². The monoisotopic (exact) mass is 524 g/mol. The van der Waals surface area contributed by atoms with Crippen LogP contribution in [0, 0.1) is 0 Å². The average molecular weight is 525 g/mol. The van der Waals surface area contributed by atoms with E-state index in [4.69, 9.17) is 4.98 Å². The van der Waals surface area contributed by atoms with Gasteiger partial charge in [-0.25, -0.2) is 9.78 Å². The zero-order chi connectivity index (χ0) is 27.5. The Morgan fingerprint density at radius 3 is 2.23 bits per heavy atom. The van der Waals surface area contributed by atoms with E-state index in [0.717, 1.165) is 34.2 Å². The zero-order valence-corrected chi connectivity index (χ0v) is 22.5. The fraction of sp³-hybridized carbons (Fsp3) is 0.310. The molecule has 0 amide bonds. The number of aromatic nitrogens is 8. The third-order valence-corrected chi connectivity index (χ3v) is 6.87. The second-order valence-corrected chi connectivity index (χ2v) is 9.52. The first-order valence-electron chi connectivity index (χ1n) is 13.3. The number of allylic oxidation sites excluding steroid dienone is 1. The van der Waals surface area contributed by atoms with Gasteiger partial charge < -0.3 is 4.57 Å². The molecule has 1 N–H and O–H groups in total. The van der Waals surface area contributed by atoms with E-state index >= 15 is 0 Å². The summed E-state index contributed by atoms with van der Waals surface area (Å²) in [6, 6.07) is 16.1. The van der Waals surface area contributed by atoms with Crippen LogP contribution in [0.4, 0.5) is 0 Å². The first-order chi connectivity index (χ1) is 19.0. The van der Waals surface area contributed by atoms with Crippen molar-refractivity contribution in [1.82, 2.24) is 39.3 Å². The summed E-state index contributed by atoms with van der Waals surface area (Å²) in [7, 11) is 0. The topological polar surface area (TPSA) is 116 Å². The van der Waals surface area contributed by atoms with Crippen LogP contribution in [0.1, 0.15) is 51.4 Å². The van der Waals surface area contributed by atoms with Gasteiger partial charge in [0.05, 0.1) is 0 Å². The van der Waals surface area contributed by atoms with E-state index in [9.17, 15) is 9.59 Å². The lowest BCUT2D eigenvalue weighted by Gasteiger charge is -2.13. The molecule has 2 aromatic carbocycles. The van der Waals surface area contributed by atoms with Crippen LogP contribution in [0.15, 0.2) is 64.7 Å². The van der Waals surface area contributed by atoms with Crippen molar-refractivity contribution >= 4 is 16.7 Å². The van der Waals surface area contributed by atoms with Gasteiger partial charge in [-0.2, -0.15) is 5.21 Å². The van der Waals surface area contributed by atoms with Crippen LogP contribution in [0.25, 0.3) is 39.3 Å². The first kappa shape index (κ1) is 26.0. The van der Waals surface area contributed by atoms with E-state index in [2.05, 4.69) is 27.2 Å². The van der Waals surface area contributed by atoms with Crippen molar-refractivity contribution < 1.29 is 0 Å². The lowest BCUT2D eigenvalue weighted by Crippen LogP contribution is -2.40. The number of rotatable bonds is 10. The number of tetrazole rings is 1. The third-order valence-electron chi connectivity index (χ3n) is 6.87. The Kier molecular flexibility index (Phi) is 7.36. The molecule has 0 fully saturated rings. The predicted octanol–water partition coefficient (Wildman–Crippen LogP) is 4.50. The molecule has 5 aromatic rings. The maximum Gasteiger partial charge on any atom is 0.332 e. The molecule has 0 saturated carbocycles. The molecule has 0 unspecified atom stereocenters. The Labute approximate surface area is 225 Å². The Hall–Kier alpha value is -4.60. The summed E-state index contributed by atoms with van der Waals surface area (Å²) >= 11 is 0. The molecule has 3 heterocycles. The first-order valence-corrected chi connectivity index (χ1v) is 13.3. The third kappa shape index (κ3) is 4.73. The molecular formula is C29H32N8O2. The van der Waals surface area contributed by atoms with Gasteiger partial charge in [0.2, 0.25) is 5.82 Å². The molecule has 0 radical (unpaired) electrons. The molecule has 0 aliphatic rings. The molecular weight excluding hydrogens is 492 g/mol. The van der Waals surface area contributed by atoms with Crippen molar-refractivity contribution in [3.8, 4) is 22.5 Å². The van der Waals surface area contributed by atoms with Crippen molar-refractivity contribution in [2.75, 3.05) is 0 Å². The second-order valence-electron chi connectivity index (χ2n) is 9.52. The molecule has 0 atom stereocenters. The molecule has 5 rings (SSSR count). The Bertz CT molecular complexity index is 1740. The molecule has 0 bridgehead atoms. The van der Waals surface area contributed by atoms with E-state index in [0.29, 0.717) is 55.3 Å². The van der Waals surface area contributed by atoms with Crippen LogP contribution >= 0.6 is 0 Å². The quantitative estimate of drug-likeness (QED) is 0.288. The van der Waals surface area contributed by atoms with Gasteiger partial charge >= 0.3 is 5.69 Å². The molecule has 0 aliphatic carbocycles. The number of H-pyrrole nitrogens is 1. The molecule has 10 heteroatoms. The maximum atomic E-state index is 13.7. The highest BCUT2D eigenvalue weighted by molar-refractivity contribution is 5.80. The minimum atomic E-state index is -0.308. The van der Waals surface area contributed by atoms with Crippen LogP contribution < -0.4 is 11.2 Å². The van der Waals surface area contributed by atoms with Crippen molar-refractivity contribution in [1.29, 1.82) is 0 Å². The van der Waals surface area contributed by atoms with Crippen molar-refractivity contribution in [2.45, 2.75) is 59.7 Å². The summed E-state index contributed by atoms with van der Waals surface area (Å²) in [6.07, 6.45) is 2.11. The van der Waals surface area contributed by atoms with E-state index in [1.165, 1.54) is 4.57 Å². The van der Waals surface area contributed by atoms with Crippen molar-refractivity contribution in [3.63, 3.8) is 0 Å². The number of nitrogens with one attached hydrogen (secondary N) is 1. The maximum absolute atomic E-state index is 13.7. The number of hydrogen-bond acceptors (Lipinski definition) is 6. The van der Waals surface area contributed by atoms with Gasteiger partial charge in [0, 0.05) is 25.2 Å². The van der Waals surface area contributed by atoms with E-state index < -0.39 is 0 Å². The molecule has 3 aromatic heterocycles. The number of benzene rings is 2. The normalized spacial score (nSPS) is 11.4. The fourth-order valence-corrected chi connectivity index (χ4v) is 4.90. The van der Waals surface area contributed by atoms with Gasteiger partial charge in [0.15, 0.2) is 11.2 Å². The average Bonchev–Trinajstić information content (AvgIpc) is 3.62. The minimum Gasteiger partial charge on any atom is -0.314 e. The van der Waals surface area contributed by atoms with Crippen LogP contribution in [0.5, 0.6) is 0 Å². The van der Waals surface area contributed by atoms with Gasteiger partial charge in [-0.05, 0) is 46.7 Å². The summed E-state index contributed by atoms with van der Waals surface area (Å²) in [6.45, 7) is 11.5. The molecule has 10 nitrogen and oxygen atoms in total. The van der Waals surface area contributed by atoms with E-state index in [1.54, 1.807) is 4.57 Å². The number of imidazole rings is 1. The van der Waals surface area contributed by atoms with E-state index in [-0.39, 0.29) is 11.2 Å². The van der Waals surface area contributed by atoms with Crippen LogP contribution in [-0.4, -0.2) is 39.3 Å². The van der Waals surface area contributed by atoms with Crippen LogP contribution in [0.3, 0.4) is 0 Å². The van der Waals surface area contributed by atoms with Crippen LogP contribution in [0.2, 0.25) is 0 Å². The lowest BCUT2D eigenvalue weighted by atomic mass is 9.98. The van der Waals surface area contributed by atoms with Crippen molar-refractivity contribution in [3.05, 3.63) is 87.3 Å². The highest BCUT2D eigenvalue weighted by Gasteiger charge is 2.22. The number of aryl methyl sites for hydroxylation is 1.